The largest absolute Gasteiger partial charge is 0.335 e. The zero-order valence-electron chi connectivity index (χ0n) is 16.3. The first-order valence-corrected chi connectivity index (χ1v) is 10.7. The highest BCUT2D eigenvalue weighted by Gasteiger charge is 2.52. The van der Waals surface area contributed by atoms with Gasteiger partial charge in [-0.15, -0.1) is 11.3 Å². The summed E-state index contributed by atoms with van der Waals surface area (Å²) in [7, 11) is 1.71. The number of rotatable bonds is 4. The van der Waals surface area contributed by atoms with Crippen molar-refractivity contribution in [2.45, 2.75) is 51.5 Å². The van der Waals surface area contributed by atoms with Gasteiger partial charge in [-0.3, -0.25) is 19.3 Å². The van der Waals surface area contributed by atoms with E-state index in [0.717, 1.165) is 47.3 Å². The average Bonchev–Trinajstić information content (AvgIpc) is 3.23. The summed E-state index contributed by atoms with van der Waals surface area (Å²) in [5, 5.41) is 0.847. The topological polar surface area (TPSA) is 70.6 Å². The van der Waals surface area contributed by atoms with E-state index >= 15 is 0 Å². The molecule has 1 saturated carbocycles. The Balaban J connectivity index is 1.46. The number of hydrogen-bond acceptors (Lipinski definition) is 5. The predicted octanol–water partition coefficient (Wildman–Crippen LogP) is 3.53. The number of imide groups is 1. The lowest BCUT2D eigenvalue weighted by atomic mass is 9.73. The van der Waals surface area contributed by atoms with Gasteiger partial charge in [0.15, 0.2) is 0 Å². The Morgan fingerprint density at radius 1 is 1.25 bits per heavy atom. The van der Waals surface area contributed by atoms with Crippen molar-refractivity contribution in [3.63, 3.8) is 0 Å². The van der Waals surface area contributed by atoms with Crippen molar-refractivity contribution >= 4 is 39.3 Å². The van der Waals surface area contributed by atoms with Crippen LogP contribution in [0.25, 0.3) is 10.2 Å². The molecule has 1 aromatic carbocycles. The van der Waals surface area contributed by atoms with E-state index in [2.05, 4.69) is 4.98 Å². The minimum absolute atomic E-state index is 0.147. The van der Waals surface area contributed by atoms with Crippen LogP contribution in [0.15, 0.2) is 24.3 Å². The molecule has 1 saturated heterocycles. The minimum Gasteiger partial charge on any atom is -0.335 e. The molecule has 1 spiro atoms. The fraction of sp³-hybridized carbons (Fsp3) is 0.524. The molecule has 4 rings (SSSR count). The number of fused-ring (bicyclic) bond motifs is 1. The number of thiazole rings is 1. The van der Waals surface area contributed by atoms with E-state index < -0.39 is 5.41 Å². The maximum absolute atomic E-state index is 12.9. The second kappa shape index (κ2) is 7.28. The Bertz CT molecular complexity index is 899. The van der Waals surface area contributed by atoms with Gasteiger partial charge in [0.1, 0.15) is 11.6 Å². The third-order valence-corrected chi connectivity index (χ3v) is 7.44. The second-order valence-electron chi connectivity index (χ2n) is 8.00. The lowest BCUT2D eigenvalue weighted by Crippen LogP contribution is -2.44. The standard InChI is InChI=1S/C21H25N3O3S/c1-14(19-22-15-8-4-5-9-16(15)28-19)23(2)18(26)13-24-17(25)12-21(20(24)27)10-6-3-7-11-21/h4-5,8-9,14H,3,6-7,10-13H2,1-2H3/t14-/m0/s1. The molecule has 2 aliphatic rings. The summed E-state index contributed by atoms with van der Waals surface area (Å²) < 4.78 is 1.08. The van der Waals surface area contributed by atoms with E-state index in [1.54, 1.807) is 23.3 Å². The Hall–Kier alpha value is -2.28. The number of benzene rings is 1. The van der Waals surface area contributed by atoms with Crippen LogP contribution >= 0.6 is 11.3 Å². The van der Waals surface area contributed by atoms with Gasteiger partial charge in [-0.25, -0.2) is 4.98 Å². The Labute approximate surface area is 168 Å². The fourth-order valence-corrected chi connectivity index (χ4v) is 5.40. The maximum atomic E-state index is 12.9. The quantitative estimate of drug-likeness (QED) is 0.738. The zero-order valence-corrected chi connectivity index (χ0v) is 17.1. The van der Waals surface area contributed by atoms with Crippen molar-refractivity contribution in [1.82, 2.24) is 14.8 Å². The molecule has 1 aliphatic heterocycles. The van der Waals surface area contributed by atoms with E-state index in [1.807, 2.05) is 31.2 Å². The molecule has 6 nitrogen and oxygen atoms in total. The van der Waals surface area contributed by atoms with Crippen molar-refractivity contribution in [2.75, 3.05) is 13.6 Å². The van der Waals surface area contributed by atoms with Crippen LogP contribution in [0.4, 0.5) is 0 Å². The van der Waals surface area contributed by atoms with Gasteiger partial charge in [0.05, 0.1) is 21.7 Å². The van der Waals surface area contributed by atoms with Crippen molar-refractivity contribution in [2.24, 2.45) is 5.41 Å². The normalized spacial score (nSPS) is 20.1. The van der Waals surface area contributed by atoms with E-state index in [4.69, 9.17) is 0 Å². The first-order chi connectivity index (χ1) is 13.4. The van der Waals surface area contributed by atoms with E-state index in [0.29, 0.717) is 0 Å². The van der Waals surface area contributed by atoms with Crippen LogP contribution < -0.4 is 0 Å². The molecule has 2 aromatic rings. The highest BCUT2D eigenvalue weighted by Crippen LogP contribution is 2.45. The number of hydrogen-bond donors (Lipinski definition) is 0. The van der Waals surface area contributed by atoms with Crippen molar-refractivity contribution in [3.8, 4) is 0 Å². The molecule has 0 unspecified atom stereocenters. The lowest BCUT2D eigenvalue weighted by Gasteiger charge is -2.31. The molecular formula is C21H25N3O3S. The van der Waals surface area contributed by atoms with E-state index in [9.17, 15) is 14.4 Å². The maximum Gasteiger partial charge on any atom is 0.243 e. The third kappa shape index (κ3) is 3.21. The van der Waals surface area contributed by atoms with Crippen molar-refractivity contribution in [3.05, 3.63) is 29.3 Å². The first-order valence-electron chi connectivity index (χ1n) is 9.87. The highest BCUT2D eigenvalue weighted by molar-refractivity contribution is 7.18. The fourth-order valence-electron chi connectivity index (χ4n) is 4.34. The van der Waals surface area contributed by atoms with Gasteiger partial charge in [-0.2, -0.15) is 0 Å². The monoisotopic (exact) mass is 399 g/mol. The molecule has 0 bridgehead atoms. The Morgan fingerprint density at radius 2 is 1.96 bits per heavy atom. The lowest BCUT2D eigenvalue weighted by molar-refractivity contribution is -0.148. The van der Waals surface area contributed by atoms with Gasteiger partial charge in [-0.1, -0.05) is 31.4 Å². The highest BCUT2D eigenvalue weighted by atomic mass is 32.1. The molecule has 7 heteroatoms. The van der Waals surface area contributed by atoms with Gasteiger partial charge in [0.2, 0.25) is 17.7 Å². The van der Waals surface area contributed by atoms with Crippen molar-refractivity contribution < 1.29 is 14.4 Å². The van der Waals surface area contributed by atoms with Gasteiger partial charge in [0.25, 0.3) is 0 Å². The second-order valence-corrected chi connectivity index (χ2v) is 9.07. The van der Waals surface area contributed by atoms with Crippen LogP contribution in [0, 0.1) is 5.41 Å². The van der Waals surface area contributed by atoms with Crippen LogP contribution in [-0.2, 0) is 14.4 Å². The zero-order chi connectivity index (χ0) is 19.9. The molecule has 28 heavy (non-hydrogen) atoms. The Kier molecular flexibility index (Phi) is 4.95. The van der Waals surface area contributed by atoms with Crippen LogP contribution in [-0.4, -0.2) is 46.1 Å². The molecule has 3 amide bonds. The number of carbonyl (C=O) groups excluding carboxylic acids is 3. The van der Waals surface area contributed by atoms with E-state index in [1.165, 1.54) is 4.90 Å². The SMILES string of the molecule is C[C@@H](c1nc2ccccc2s1)N(C)C(=O)CN1C(=O)CC2(CCCCC2)C1=O. The summed E-state index contributed by atoms with van der Waals surface area (Å²) in [6.07, 6.45) is 4.87. The van der Waals surface area contributed by atoms with Crippen LogP contribution in [0.1, 0.15) is 56.5 Å². The molecule has 2 fully saturated rings. The Morgan fingerprint density at radius 3 is 2.68 bits per heavy atom. The molecule has 2 heterocycles. The molecule has 148 valence electrons. The number of nitrogens with zero attached hydrogens (tertiary/aromatic N) is 3. The number of amides is 3. The van der Waals surface area contributed by atoms with Crippen LogP contribution in [0.3, 0.4) is 0 Å². The first kappa shape index (κ1) is 19.1. The summed E-state index contributed by atoms with van der Waals surface area (Å²) in [5.41, 5.74) is 0.367. The summed E-state index contributed by atoms with van der Waals surface area (Å²) in [5.74, 6) is -0.589. The smallest absolute Gasteiger partial charge is 0.243 e. The molecule has 1 atom stereocenters. The average molecular weight is 400 g/mol. The number of para-hydroxylation sites is 1. The molecule has 0 N–H and O–H groups in total. The molecule has 1 aliphatic carbocycles. The number of likely N-dealkylation sites (N-methyl/N-ethyl adjacent to an activating group) is 1. The molecular weight excluding hydrogens is 374 g/mol. The summed E-state index contributed by atoms with van der Waals surface area (Å²) in [6, 6.07) is 7.65. The minimum atomic E-state index is -0.549. The van der Waals surface area contributed by atoms with Gasteiger partial charge < -0.3 is 4.90 Å². The summed E-state index contributed by atoms with van der Waals surface area (Å²) in [4.78, 5) is 45.7. The van der Waals surface area contributed by atoms with Gasteiger partial charge in [0, 0.05) is 13.5 Å². The molecule has 1 aromatic heterocycles. The number of likely N-dealkylation sites (tertiary alicyclic amines) is 1. The van der Waals surface area contributed by atoms with Gasteiger partial charge in [-0.05, 0) is 31.9 Å². The van der Waals surface area contributed by atoms with Crippen LogP contribution in [0.5, 0.6) is 0 Å². The van der Waals surface area contributed by atoms with Crippen LogP contribution in [0.2, 0.25) is 0 Å². The number of carbonyl (C=O) groups is 3. The van der Waals surface area contributed by atoms with E-state index in [-0.39, 0.29) is 36.7 Å². The molecule has 0 radical (unpaired) electrons. The summed E-state index contributed by atoms with van der Waals surface area (Å²) >= 11 is 1.56. The van der Waals surface area contributed by atoms with Gasteiger partial charge >= 0.3 is 0 Å². The number of aromatic nitrogens is 1. The van der Waals surface area contributed by atoms with Crippen molar-refractivity contribution in [1.29, 1.82) is 0 Å². The predicted molar refractivity (Wildman–Crippen MR) is 108 cm³/mol. The third-order valence-electron chi connectivity index (χ3n) is 6.24. The summed E-state index contributed by atoms with van der Waals surface area (Å²) in [6.45, 7) is 1.75.